The van der Waals surface area contributed by atoms with E-state index >= 15 is 0 Å². The molecule has 8 rings (SSSR count). The first-order valence-electron chi connectivity index (χ1n) is 19.1. The summed E-state index contributed by atoms with van der Waals surface area (Å²) in [5, 5.41) is 4.93. The lowest BCUT2D eigenvalue weighted by Gasteiger charge is -2.11. The molecule has 0 amide bonds. The number of aryl methyl sites for hydroxylation is 1. The highest BCUT2D eigenvalue weighted by molar-refractivity contribution is 5.88. The number of rotatable bonds is 10. The summed E-state index contributed by atoms with van der Waals surface area (Å²) in [5.74, 6) is 0.933. The van der Waals surface area contributed by atoms with Gasteiger partial charge in [-0.25, -0.2) is 4.98 Å². The van der Waals surface area contributed by atoms with E-state index in [2.05, 4.69) is 194 Å². The molecule has 266 valence electrons. The first-order chi connectivity index (χ1) is 27.1. The normalized spacial score (nSPS) is 12.0. The van der Waals surface area contributed by atoms with E-state index in [4.69, 9.17) is 4.98 Å². The highest BCUT2D eigenvalue weighted by atomic mass is 15.1. The number of aromatic nitrogens is 2. The third-order valence-electron chi connectivity index (χ3n) is 10.3. The van der Waals surface area contributed by atoms with Gasteiger partial charge in [-0.1, -0.05) is 176 Å². The quantitative estimate of drug-likeness (QED) is 0.102. The van der Waals surface area contributed by atoms with E-state index in [9.17, 15) is 0 Å². The number of para-hydroxylation sites is 1. The molecule has 1 heterocycles. The Labute approximate surface area is 324 Å². The van der Waals surface area contributed by atoms with Gasteiger partial charge in [0.25, 0.3) is 0 Å². The maximum atomic E-state index is 5.09. The number of benzene rings is 5. The summed E-state index contributed by atoms with van der Waals surface area (Å²) < 4.78 is 2.20. The summed E-state index contributed by atoms with van der Waals surface area (Å²) >= 11 is 0. The highest BCUT2D eigenvalue weighted by Gasteiger charge is 2.13. The van der Waals surface area contributed by atoms with E-state index < -0.39 is 0 Å². The second-order valence-electron chi connectivity index (χ2n) is 14.0. The van der Waals surface area contributed by atoms with Crippen LogP contribution in [0.5, 0.6) is 0 Å². The number of nitrogens with zero attached hydrogens (tertiary/aromatic N) is 2. The van der Waals surface area contributed by atoms with Crippen LogP contribution >= 0.6 is 0 Å². The van der Waals surface area contributed by atoms with Crippen LogP contribution in [0, 0.1) is 0 Å². The number of hydrogen-bond donors (Lipinski definition) is 0. The molecule has 0 saturated carbocycles. The van der Waals surface area contributed by atoms with Gasteiger partial charge in [0.1, 0.15) is 5.82 Å². The van der Waals surface area contributed by atoms with Gasteiger partial charge in [0, 0.05) is 17.4 Å². The molecule has 1 aromatic heterocycles. The Hall–Kier alpha value is -6.77. The van der Waals surface area contributed by atoms with Crippen molar-refractivity contribution in [1.29, 1.82) is 0 Å². The molecule has 0 saturated heterocycles. The molecule has 2 nitrogen and oxygen atoms in total. The van der Waals surface area contributed by atoms with Crippen LogP contribution in [0.4, 0.5) is 0 Å². The van der Waals surface area contributed by atoms with E-state index in [0.717, 1.165) is 76.3 Å². The van der Waals surface area contributed by atoms with Crippen LogP contribution in [0.25, 0.3) is 73.9 Å². The lowest BCUT2D eigenvalue weighted by molar-refractivity contribution is 0.960. The minimum absolute atomic E-state index is 0.856. The number of fused-ring (bicyclic) bond motifs is 2. The summed E-state index contributed by atoms with van der Waals surface area (Å²) in [7, 11) is 0. The van der Waals surface area contributed by atoms with Crippen molar-refractivity contribution in [2.24, 2.45) is 0 Å². The Balaban J connectivity index is 1.27. The lowest BCUT2D eigenvalue weighted by Crippen LogP contribution is -2.30. The predicted octanol–water partition coefficient (Wildman–Crippen LogP) is 12.4. The van der Waals surface area contributed by atoms with Crippen LogP contribution in [0.3, 0.4) is 0 Å². The average molecular weight is 709 g/mol. The Bertz CT molecular complexity index is 2710. The van der Waals surface area contributed by atoms with Crippen LogP contribution in [0.15, 0.2) is 189 Å². The fourth-order valence-corrected chi connectivity index (χ4v) is 7.37. The molecule has 0 unspecified atom stereocenters. The van der Waals surface area contributed by atoms with Crippen LogP contribution in [0.1, 0.15) is 36.1 Å². The zero-order chi connectivity index (χ0) is 37.4. The predicted molar refractivity (Wildman–Crippen MR) is 235 cm³/mol. The molecule has 7 aromatic rings. The molecule has 1 aliphatic carbocycles. The smallest absolute Gasteiger partial charge is 0.144 e. The van der Waals surface area contributed by atoms with Gasteiger partial charge in [-0.15, -0.1) is 6.58 Å². The van der Waals surface area contributed by atoms with Gasteiger partial charge in [-0.05, 0) is 104 Å². The van der Waals surface area contributed by atoms with Crippen molar-refractivity contribution in [2.75, 3.05) is 0 Å². The second-order valence-corrected chi connectivity index (χ2v) is 14.0. The third kappa shape index (κ3) is 7.95. The molecule has 0 fully saturated rings. The van der Waals surface area contributed by atoms with Crippen LogP contribution in [-0.2, 0) is 6.42 Å². The van der Waals surface area contributed by atoms with Gasteiger partial charge in [-0.2, -0.15) is 0 Å². The van der Waals surface area contributed by atoms with Crippen LogP contribution < -0.4 is 10.4 Å². The number of hydrogen-bond acceptors (Lipinski definition) is 1. The largest absolute Gasteiger partial charge is 0.300 e. The molecule has 0 radical (unpaired) electrons. The van der Waals surface area contributed by atoms with Crippen molar-refractivity contribution in [3.63, 3.8) is 0 Å². The van der Waals surface area contributed by atoms with Gasteiger partial charge >= 0.3 is 0 Å². The van der Waals surface area contributed by atoms with Crippen molar-refractivity contribution in [1.82, 2.24) is 9.55 Å². The van der Waals surface area contributed by atoms with Gasteiger partial charge in [0.15, 0.2) is 0 Å². The van der Waals surface area contributed by atoms with Crippen molar-refractivity contribution in [3.8, 4) is 39.3 Å². The Morgan fingerprint density at radius 1 is 0.618 bits per heavy atom. The summed E-state index contributed by atoms with van der Waals surface area (Å²) in [6.45, 7) is 8.56. The standard InChI is InChI=1S/C53H44N2/c1-3-4-21-47-38-55(48-22-9-6-10-23-48)53(54-47)44-32-29-43(30-33-44)41-20-15-26-50(46-34-31-42-18-11-12-19-45(42)37-46)52-25-14-13-24-51(52)49(36-35-41)39(2)27-28-40-16-7-5-8-17-40/h3,5-12,15-20,22-38H,1-2,4,13-14,21H2/b20-15?,28-27-,41-35?,49-36?,50-26?. The first kappa shape index (κ1) is 35.3. The maximum absolute atomic E-state index is 5.09. The molecule has 0 N–H and O–H groups in total. The van der Waals surface area contributed by atoms with Crippen molar-refractivity contribution in [3.05, 3.63) is 216 Å². The molecular weight excluding hydrogens is 665 g/mol. The maximum Gasteiger partial charge on any atom is 0.144 e. The van der Waals surface area contributed by atoms with Crippen molar-refractivity contribution < 1.29 is 0 Å². The fraction of sp³-hybridized carbons (Fsp3) is 0.0755. The Morgan fingerprint density at radius 3 is 2.05 bits per heavy atom. The summed E-state index contributed by atoms with van der Waals surface area (Å²) in [4.78, 5) is 5.09. The van der Waals surface area contributed by atoms with Gasteiger partial charge in [-0.3, -0.25) is 4.57 Å². The topological polar surface area (TPSA) is 17.8 Å². The van der Waals surface area contributed by atoms with Gasteiger partial charge < -0.3 is 0 Å². The van der Waals surface area contributed by atoms with Gasteiger partial charge in [0.05, 0.1) is 5.69 Å². The van der Waals surface area contributed by atoms with Crippen molar-refractivity contribution in [2.45, 2.75) is 25.7 Å². The Kier molecular flexibility index (Phi) is 10.6. The van der Waals surface area contributed by atoms with Gasteiger partial charge in [0.2, 0.25) is 0 Å². The molecular formula is C53H44N2. The summed E-state index contributed by atoms with van der Waals surface area (Å²) in [6.07, 6.45) is 16.9. The molecule has 1 aliphatic rings. The van der Waals surface area contributed by atoms with E-state index in [1.807, 2.05) is 18.2 Å². The minimum atomic E-state index is 0.856. The molecule has 0 bridgehead atoms. The lowest BCUT2D eigenvalue weighted by atomic mass is 9.93. The fourth-order valence-electron chi connectivity index (χ4n) is 7.37. The van der Waals surface area contributed by atoms with Crippen LogP contribution in [-0.4, -0.2) is 9.55 Å². The van der Waals surface area contributed by atoms with E-state index in [1.54, 1.807) is 0 Å². The van der Waals surface area contributed by atoms with Crippen LogP contribution in [0.2, 0.25) is 0 Å². The highest BCUT2D eigenvalue weighted by Crippen LogP contribution is 2.28. The third-order valence-corrected chi connectivity index (χ3v) is 10.3. The SMILES string of the molecule is C=CCCc1cn(-c2ccccc2)c(-c2ccc(-c3cccc(-c4ccc5ccccc5c4)c4c(c(C(=C)/C=C\c5ccccc5)cc3)=CCCC=4)cc2)n1. The zero-order valence-corrected chi connectivity index (χ0v) is 31.1. The monoisotopic (exact) mass is 708 g/mol. The van der Waals surface area contributed by atoms with Crippen molar-refractivity contribution >= 4 is 34.6 Å². The molecule has 0 aliphatic heterocycles. The molecule has 6 aromatic carbocycles. The summed E-state index contributed by atoms with van der Waals surface area (Å²) in [5.41, 5.74) is 11.1. The van der Waals surface area contributed by atoms with E-state index in [0.29, 0.717) is 0 Å². The number of allylic oxidation sites excluding steroid dienone is 3. The number of imidazole rings is 1. The Morgan fingerprint density at radius 2 is 1.27 bits per heavy atom. The summed E-state index contributed by atoms with van der Waals surface area (Å²) in [6, 6.07) is 56.3. The van der Waals surface area contributed by atoms with E-state index in [1.165, 1.54) is 32.3 Å². The zero-order valence-electron chi connectivity index (χ0n) is 31.1. The minimum Gasteiger partial charge on any atom is -0.300 e. The molecule has 2 heteroatoms. The van der Waals surface area contributed by atoms with E-state index in [-0.39, 0.29) is 0 Å². The molecule has 0 atom stereocenters. The molecule has 0 spiro atoms. The first-order valence-corrected chi connectivity index (χ1v) is 19.1. The second kappa shape index (κ2) is 16.5. The average Bonchev–Trinajstić information content (AvgIpc) is 3.68. The molecule has 55 heavy (non-hydrogen) atoms.